The van der Waals surface area contributed by atoms with Gasteiger partial charge in [-0.05, 0) is 36.0 Å². The van der Waals surface area contributed by atoms with E-state index in [-0.39, 0.29) is 0 Å². The largest absolute Gasteiger partial charge is 0.241 e. The molecule has 0 atom stereocenters. The van der Waals surface area contributed by atoms with Crippen molar-refractivity contribution in [2.24, 2.45) is 0 Å². The van der Waals surface area contributed by atoms with Gasteiger partial charge in [0.25, 0.3) is 0 Å². The van der Waals surface area contributed by atoms with Crippen molar-refractivity contribution in [3.8, 4) is 0 Å². The summed E-state index contributed by atoms with van der Waals surface area (Å²) in [6.07, 6.45) is 3.25. The fourth-order valence-corrected chi connectivity index (χ4v) is 3.41. The number of benzene rings is 3. The highest BCUT2D eigenvalue weighted by molar-refractivity contribution is 6.95. The van der Waals surface area contributed by atoms with Crippen LogP contribution in [0, 0.1) is 0 Å². The van der Waals surface area contributed by atoms with Gasteiger partial charge in [-0.25, -0.2) is 0 Å². The van der Waals surface area contributed by atoms with Crippen LogP contribution in [0.5, 0.6) is 0 Å². The minimum absolute atomic E-state index is 0.294. The van der Waals surface area contributed by atoms with Crippen LogP contribution >= 0.6 is 0 Å². The van der Waals surface area contributed by atoms with E-state index in [1.807, 2.05) is 0 Å². The molecule has 0 saturated carbocycles. The monoisotopic (exact) mass is 326 g/mol. The topological polar surface area (TPSA) is 0 Å². The molecule has 3 aromatic carbocycles. The zero-order valence-electron chi connectivity index (χ0n) is 15.6. The van der Waals surface area contributed by atoms with Crippen molar-refractivity contribution in [3.05, 3.63) is 89.5 Å². The van der Waals surface area contributed by atoms with E-state index in [1.165, 1.54) is 33.1 Å². The van der Waals surface area contributed by atoms with E-state index in [9.17, 15) is 0 Å². The first-order valence-corrected chi connectivity index (χ1v) is 9.51. The highest BCUT2D eigenvalue weighted by Crippen LogP contribution is 2.04. The lowest BCUT2D eigenvalue weighted by atomic mass is 9.37. The van der Waals surface area contributed by atoms with E-state index in [2.05, 4.69) is 93.6 Å². The number of hydrogen-bond acceptors (Lipinski definition) is 0. The molecule has 0 aliphatic rings. The van der Waals surface area contributed by atoms with Crippen LogP contribution in [-0.2, 0) is 19.3 Å². The summed E-state index contributed by atoms with van der Waals surface area (Å²) in [7, 11) is 0. The van der Waals surface area contributed by atoms with E-state index in [0.29, 0.717) is 6.71 Å². The summed E-state index contributed by atoms with van der Waals surface area (Å²) >= 11 is 0. The summed E-state index contributed by atoms with van der Waals surface area (Å²) in [5.41, 5.74) is 8.28. The average molecular weight is 326 g/mol. The van der Waals surface area contributed by atoms with Crippen molar-refractivity contribution >= 4 is 23.1 Å². The minimum Gasteiger partial charge on any atom is -0.0687 e. The number of rotatable bonds is 6. The van der Waals surface area contributed by atoms with Gasteiger partial charge >= 0.3 is 0 Å². The van der Waals surface area contributed by atoms with Crippen LogP contribution in [0.1, 0.15) is 37.5 Å². The average Bonchev–Trinajstić information content (AvgIpc) is 2.70. The molecule has 1 heteroatoms. The van der Waals surface area contributed by atoms with Crippen molar-refractivity contribution in [2.75, 3.05) is 0 Å². The Kier molecular flexibility index (Phi) is 5.76. The van der Waals surface area contributed by atoms with Crippen molar-refractivity contribution in [1.82, 2.24) is 0 Å². The highest BCUT2D eigenvalue weighted by atomic mass is 14.0. The minimum atomic E-state index is 0.294. The summed E-state index contributed by atoms with van der Waals surface area (Å²) in [5, 5.41) is 0. The van der Waals surface area contributed by atoms with Gasteiger partial charge < -0.3 is 0 Å². The number of aryl methyl sites for hydroxylation is 3. The predicted octanol–water partition coefficient (Wildman–Crippen LogP) is 3.89. The molecule has 0 bridgehead atoms. The van der Waals surface area contributed by atoms with E-state index in [0.717, 1.165) is 19.3 Å². The van der Waals surface area contributed by atoms with Crippen LogP contribution < -0.4 is 16.4 Å². The molecule has 0 radical (unpaired) electrons. The Morgan fingerprint density at radius 3 is 0.880 bits per heavy atom. The molecular formula is C24H27B. The Bertz CT molecular complexity index is 670. The Morgan fingerprint density at radius 1 is 0.440 bits per heavy atom. The van der Waals surface area contributed by atoms with Gasteiger partial charge in [0.15, 0.2) is 0 Å². The third-order valence-electron chi connectivity index (χ3n) is 5.16. The summed E-state index contributed by atoms with van der Waals surface area (Å²) < 4.78 is 0. The maximum absolute atomic E-state index is 2.30. The Hall–Kier alpha value is -2.28. The molecule has 0 saturated heterocycles. The Balaban J connectivity index is 2.04. The smallest absolute Gasteiger partial charge is 0.0687 e. The van der Waals surface area contributed by atoms with Crippen LogP contribution in [0.15, 0.2) is 72.8 Å². The number of hydrogen-bond donors (Lipinski definition) is 0. The first-order chi connectivity index (χ1) is 12.2. The van der Waals surface area contributed by atoms with E-state index < -0.39 is 0 Å². The van der Waals surface area contributed by atoms with Gasteiger partial charge in [-0.1, -0.05) is 110 Å². The van der Waals surface area contributed by atoms with Crippen LogP contribution in [0.2, 0.25) is 0 Å². The van der Waals surface area contributed by atoms with Gasteiger partial charge in [0.2, 0.25) is 6.71 Å². The molecule has 0 spiro atoms. The molecule has 0 N–H and O–H groups in total. The lowest BCUT2D eigenvalue weighted by Gasteiger charge is -2.17. The first-order valence-electron chi connectivity index (χ1n) is 9.51. The summed E-state index contributed by atoms with van der Waals surface area (Å²) in [4.78, 5) is 0. The second-order valence-electron chi connectivity index (χ2n) is 6.72. The second kappa shape index (κ2) is 8.20. The van der Waals surface area contributed by atoms with Crippen molar-refractivity contribution in [2.45, 2.75) is 40.0 Å². The first kappa shape index (κ1) is 17.5. The van der Waals surface area contributed by atoms with Crippen LogP contribution in [-0.4, -0.2) is 6.71 Å². The zero-order valence-corrected chi connectivity index (χ0v) is 15.6. The quantitative estimate of drug-likeness (QED) is 0.603. The Morgan fingerprint density at radius 2 is 0.680 bits per heavy atom. The molecule has 25 heavy (non-hydrogen) atoms. The normalized spacial score (nSPS) is 10.7. The van der Waals surface area contributed by atoms with Gasteiger partial charge in [0.05, 0.1) is 0 Å². The lowest BCUT2D eigenvalue weighted by Crippen LogP contribution is -2.51. The molecule has 0 heterocycles. The van der Waals surface area contributed by atoms with Gasteiger partial charge in [0, 0.05) is 0 Å². The molecule has 126 valence electrons. The summed E-state index contributed by atoms with van der Waals surface area (Å²) in [6.45, 7) is 6.92. The van der Waals surface area contributed by atoms with Gasteiger partial charge in [0.1, 0.15) is 0 Å². The summed E-state index contributed by atoms with van der Waals surface area (Å²) in [5.74, 6) is 0. The van der Waals surface area contributed by atoms with Crippen LogP contribution in [0.25, 0.3) is 0 Å². The molecule has 0 aliphatic carbocycles. The summed E-state index contributed by atoms with van der Waals surface area (Å²) in [6, 6.07) is 27.4. The second-order valence-corrected chi connectivity index (χ2v) is 6.72. The van der Waals surface area contributed by atoms with Crippen molar-refractivity contribution < 1.29 is 0 Å². The third kappa shape index (κ3) is 4.04. The van der Waals surface area contributed by atoms with Crippen LogP contribution in [0.3, 0.4) is 0 Å². The molecule has 0 fully saturated rings. The molecule has 0 unspecified atom stereocenters. The van der Waals surface area contributed by atoms with Gasteiger partial charge in [-0.15, -0.1) is 0 Å². The molecule has 3 aromatic rings. The van der Waals surface area contributed by atoms with Gasteiger partial charge in [-0.2, -0.15) is 0 Å². The van der Waals surface area contributed by atoms with E-state index in [1.54, 1.807) is 0 Å². The zero-order chi connectivity index (χ0) is 17.6. The lowest BCUT2D eigenvalue weighted by molar-refractivity contribution is 1.14. The molecule has 3 rings (SSSR count). The van der Waals surface area contributed by atoms with Crippen molar-refractivity contribution in [1.29, 1.82) is 0 Å². The fourth-order valence-electron chi connectivity index (χ4n) is 3.41. The standard InChI is InChI=1S/C24H27B/c1-4-19-7-13-22(14-8-19)25(23-15-9-20(5-2)10-16-23)24-17-11-21(6-3)12-18-24/h7-18H,4-6H2,1-3H3. The molecule has 0 nitrogen and oxygen atoms in total. The third-order valence-corrected chi connectivity index (χ3v) is 5.16. The van der Waals surface area contributed by atoms with Crippen LogP contribution in [0.4, 0.5) is 0 Å². The highest BCUT2D eigenvalue weighted by Gasteiger charge is 2.21. The van der Waals surface area contributed by atoms with E-state index >= 15 is 0 Å². The molecule has 0 aliphatic heterocycles. The Labute approximate surface area is 153 Å². The molecule has 0 amide bonds. The molecule has 0 aromatic heterocycles. The fraction of sp³-hybridized carbons (Fsp3) is 0.250. The van der Waals surface area contributed by atoms with E-state index in [4.69, 9.17) is 0 Å². The predicted molar refractivity (Wildman–Crippen MR) is 112 cm³/mol. The maximum atomic E-state index is 2.30. The molecular weight excluding hydrogens is 299 g/mol. The van der Waals surface area contributed by atoms with Gasteiger partial charge in [-0.3, -0.25) is 0 Å². The maximum Gasteiger partial charge on any atom is 0.241 e. The van der Waals surface area contributed by atoms with Crippen molar-refractivity contribution in [3.63, 3.8) is 0 Å². The SMILES string of the molecule is CCc1ccc(B(c2ccc(CC)cc2)c2ccc(CC)cc2)cc1.